The number of aryl methyl sites for hydroxylation is 1. The van der Waals surface area contributed by atoms with Crippen LogP contribution in [0.1, 0.15) is 6.42 Å². The lowest BCUT2D eigenvalue weighted by Crippen LogP contribution is -2.37. The fourth-order valence-corrected chi connectivity index (χ4v) is 6.68. The van der Waals surface area contributed by atoms with E-state index in [-0.39, 0.29) is 36.1 Å². The van der Waals surface area contributed by atoms with E-state index in [2.05, 4.69) is 4.98 Å². The summed E-state index contributed by atoms with van der Waals surface area (Å²) in [4.78, 5) is 4.19. The highest BCUT2D eigenvalue weighted by atomic mass is 32.2. The van der Waals surface area contributed by atoms with E-state index in [0.29, 0.717) is 11.8 Å². The van der Waals surface area contributed by atoms with Crippen LogP contribution in [0.2, 0.25) is 0 Å². The van der Waals surface area contributed by atoms with Crippen molar-refractivity contribution in [2.24, 2.45) is 7.05 Å². The van der Waals surface area contributed by atoms with Gasteiger partial charge in [-0.05, 0) is 17.9 Å². The topological polar surface area (TPSA) is 92.6 Å². The maximum atomic E-state index is 13.3. The Morgan fingerprint density at radius 3 is 2.17 bits per heavy atom. The zero-order valence-electron chi connectivity index (χ0n) is 16.0. The third-order valence-electron chi connectivity index (χ3n) is 5.07. The molecule has 4 rings (SSSR count). The SMILES string of the molecule is Cn1cnc(S(=O)(=O)N2CCCN(S(=O)(=O)c3cccc4ccccc34)CC2)c1. The molecule has 0 amide bonds. The second-order valence-corrected chi connectivity index (χ2v) is 10.8. The van der Waals surface area contributed by atoms with Crippen molar-refractivity contribution in [3.05, 3.63) is 55.0 Å². The van der Waals surface area contributed by atoms with Crippen molar-refractivity contribution in [1.29, 1.82) is 0 Å². The largest absolute Gasteiger partial charge is 0.339 e. The molecule has 2 aromatic carbocycles. The quantitative estimate of drug-likeness (QED) is 0.623. The Kier molecular flexibility index (Phi) is 5.19. The van der Waals surface area contributed by atoms with Gasteiger partial charge in [0.15, 0.2) is 5.03 Å². The van der Waals surface area contributed by atoms with Gasteiger partial charge in [0, 0.05) is 44.8 Å². The number of nitrogens with zero attached hydrogens (tertiary/aromatic N) is 4. The first-order valence-electron chi connectivity index (χ1n) is 9.26. The van der Waals surface area contributed by atoms with Gasteiger partial charge in [-0.25, -0.2) is 21.8 Å². The molecule has 0 radical (unpaired) electrons. The van der Waals surface area contributed by atoms with Crippen molar-refractivity contribution in [3.8, 4) is 0 Å². The van der Waals surface area contributed by atoms with Crippen molar-refractivity contribution >= 4 is 30.8 Å². The molecule has 3 aromatic rings. The molecule has 0 saturated carbocycles. The third-order valence-corrected chi connectivity index (χ3v) is 8.81. The second-order valence-electron chi connectivity index (χ2n) is 7.02. The van der Waals surface area contributed by atoms with Crippen molar-refractivity contribution in [1.82, 2.24) is 18.2 Å². The Bertz CT molecular complexity index is 1250. The molecule has 29 heavy (non-hydrogen) atoms. The summed E-state index contributed by atoms with van der Waals surface area (Å²) in [5.74, 6) is 0. The minimum Gasteiger partial charge on any atom is -0.339 e. The number of imidazole rings is 1. The fourth-order valence-electron chi connectivity index (χ4n) is 3.56. The number of aromatic nitrogens is 2. The van der Waals surface area contributed by atoms with E-state index in [1.165, 1.54) is 21.1 Å². The van der Waals surface area contributed by atoms with Gasteiger partial charge in [0.25, 0.3) is 10.0 Å². The van der Waals surface area contributed by atoms with Crippen LogP contribution in [-0.2, 0) is 27.1 Å². The highest BCUT2D eigenvalue weighted by Crippen LogP contribution is 2.27. The molecule has 0 bridgehead atoms. The van der Waals surface area contributed by atoms with Crippen LogP contribution >= 0.6 is 0 Å². The predicted octanol–water partition coefficient (Wildman–Crippen LogP) is 1.66. The van der Waals surface area contributed by atoms with Gasteiger partial charge in [-0.1, -0.05) is 36.4 Å². The molecule has 0 spiro atoms. The normalized spacial score (nSPS) is 17.4. The standard InChI is InChI=1S/C19H22N4O4S2/c1-21-14-19(20-15-21)29(26,27)23-11-5-10-22(12-13-23)28(24,25)18-9-4-7-16-6-2-3-8-17(16)18/h2-4,6-9,14-15H,5,10-13H2,1H3. The van der Waals surface area contributed by atoms with Gasteiger partial charge in [0.2, 0.25) is 10.0 Å². The first-order valence-corrected chi connectivity index (χ1v) is 12.1. The van der Waals surface area contributed by atoms with E-state index in [9.17, 15) is 16.8 Å². The summed E-state index contributed by atoms with van der Waals surface area (Å²) in [6, 6.07) is 12.5. The molecule has 0 atom stereocenters. The Balaban J connectivity index is 1.61. The number of hydrogen-bond acceptors (Lipinski definition) is 5. The molecule has 1 aliphatic heterocycles. The zero-order valence-corrected chi connectivity index (χ0v) is 17.6. The lowest BCUT2D eigenvalue weighted by Gasteiger charge is -2.22. The highest BCUT2D eigenvalue weighted by Gasteiger charge is 2.33. The average Bonchev–Trinajstić information content (AvgIpc) is 2.99. The van der Waals surface area contributed by atoms with Crippen molar-refractivity contribution in [2.75, 3.05) is 26.2 Å². The molecule has 1 aliphatic rings. The average molecular weight is 435 g/mol. The molecule has 10 heteroatoms. The molecule has 8 nitrogen and oxygen atoms in total. The van der Waals surface area contributed by atoms with Gasteiger partial charge in [0.1, 0.15) is 0 Å². The number of rotatable bonds is 4. The zero-order chi connectivity index (χ0) is 20.6. The molecule has 1 fully saturated rings. The maximum absolute atomic E-state index is 13.3. The van der Waals surface area contributed by atoms with E-state index in [4.69, 9.17) is 0 Å². The third kappa shape index (κ3) is 3.68. The van der Waals surface area contributed by atoms with Gasteiger partial charge in [-0.2, -0.15) is 8.61 Å². The van der Waals surface area contributed by atoms with Gasteiger partial charge < -0.3 is 4.57 Å². The second kappa shape index (κ2) is 7.52. The van der Waals surface area contributed by atoms with E-state index in [1.807, 2.05) is 24.3 Å². The van der Waals surface area contributed by atoms with E-state index in [1.54, 1.807) is 29.8 Å². The molecule has 1 aromatic heterocycles. The summed E-state index contributed by atoms with van der Waals surface area (Å²) in [5.41, 5.74) is 0. The van der Waals surface area contributed by atoms with Gasteiger partial charge in [-0.15, -0.1) is 0 Å². The maximum Gasteiger partial charge on any atom is 0.262 e. The minimum atomic E-state index is -3.75. The summed E-state index contributed by atoms with van der Waals surface area (Å²) in [7, 11) is -5.80. The summed E-state index contributed by atoms with van der Waals surface area (Å²) in [5, 5.41) is 1.49. The molecular formula is C19H22N4O4S2. The van der Waals surface area contributed by atoms with Crippen LogP contribution in [0.5, 0.6) is 0 Å². The van der Waals surface area contributed by atoms with Crippen molar-refractivity contribution in [2.45, 2.75) is 16.3 Å². The van der Waals surface area contributed by atoms with Crippen LogP contribution in [0, 0.1) is 0 Å². The summed E-state index contributed by atoms with van der Waals surface area (Å²) in [6.45, 7) is 0.695. The van der Waals surface area contributed by atoms with Crippen LogP contribution in [-0.4, -0.2) is 61.2 Å². The van der Waals surface area contributed by atoms with Gasteiger partial charge in [0.05, 0.1) is 11.2 Å². The van der Waals surface area contributed by atoms with Gasteiger partial charge >= 0.3 is 0 Å². The summed E-state index contributed by atoms with van der Waals surface area (Å²) in [6.07, 6.45) is 3.29. The van der Waals surface area contributed by atoms with Crippen LogP contribution < -0.4 is 0 Å². The number of sulfonamides is 2. The van der Waals surface area contributed by atoms with Crippen LogP contribution in [0.15, 0.2) is 64.9 Å². The highest BCUT2D eigenvalue weighted by molar-refractivity contribution is 7.89. The predicted molar refractivity (Wildman–Crippen MR) is 109 cm³/mol. The smallest absolute Gasteiger partial charge is 0.262 e. The Morgan fingerprint density at radius 1 is 0.828 bits per heavy atom. The first kappa shape index (κ1) is 20.0. The lowest BCUT2D eigenvalue weighted by molar-refractivity contribution is 0.404. The van der Waals surface area contributed by atoms with E-state index < -0.39 is 20.0 Å². The van der Waals surface area contributed by atoms with E-state index >= 15 is 0 Å². The molecule has 0 N–H and O–H groups in total. The first-order chi connectivity index (χ1) is 13.8. The summed E-state index contributed by atoms with van der Waals surface area (Å²) < 4.78 is 56.6. The van der Waals surface area contributed by atoms with Crippen molar-refractivity contribution < 1.29 is 16.8 Å². The van der Waals surface area contributed by atoms with Crippen LogP contribution in [0.4, 0.5) is 0 Å². The molecule has 0 unspecified atom stereocenters. The monoisotopic (exact) mass is 434 g/mol. The number of benzene rings is 2. The number of fused-ring (bicyclic) bond motifs is 1. The Morgan fingerprint density at radius 2 is 1.48 bits per heavy atom. The Hall–Kier alpha value is -2.27. The Labute approximate surface area is 170 Å². The van der Waals surface area contributed by atoms with E-state index in [0.717, 1.165) is 5.39 Å². The van der Waals surface area contributed by atoms with Crippen LogP contribution in [0.3, 0.4) is 0 Å². The lowest BCUT2D eigenvalue weighted by atomic mass is 10.1. The van der Waals surface area contributed by atoms with Crippen molar-refractivity contribution in [3.63, 3.8) is 0 Å². The molecular weight excluding hydrogens is 412 g/mol. The molecule has 154 valence electrons. The minimum absolute atomic E-state index is 0.0228. The fraction of sp³-hybridized carbons (Fsp3) is 0.316. The molecule has 0 aliphatic carbocycles. The van der Waals surface area contributed by atoms with Crippen LogP contribution in [0.25, 0.3) is 10.8 Å². The molecule has 1 saturated heterocycles. The number of hydrogen-bond donors (Lipinski definition) is 0. The van der Waals surface area contributed by atoms with Gasteiger partial charge in [-0.3, -0.25) is 0 Å². The summed E-state index contributed by atoms with van der Waals surface area (Å²) >= 11 is 0. The molecule has 2 heterocycles.